The van der Waals surface area contributed by atoms with Crippen molar-refractivity contribution in [2.75, 3.05) is 11.4 Å². The molecule has 1 amide bonds. The molecule has 156 valence electrons. The molecule has 0 aliphatic rings. The molecular formula is C22H24N4O2S2. The molecule has 1 aromatic carbocycles. The first-order chi connectivity index (χ1) is 14.4. The van der Waals surface area contributed by atoms with Gasteiger partial charge in [0.05, 0.1) is 23.1 Å². The van der Waals surface area contributed by atoms with Crippen LogP contribution in [0.2, 0.25) is 0 Å². The smallest absolute Gasteiger partial charge is 0.263 e. The lowest BCUT2D eigenvalue weighted by Gasteiger charge is -2.25. The first-order valence-electron chi connectivity index (χ1n) is 9.79. The zero-order valence-corrected chi connectivity index (χ0v) is 19.1. The number of hydrogen-bond donors (Lipinski definition) is 0. The number of rotatable bonds is 7. The molecule has 0 saturated carbocycles. The van der Waals surface area contributed by atoms with Crippen molar-refractivity contribution in [3.8, 4) is 6.07 Å². The van der Waals surface area contributed by atoms with Gasteiger partial charge in [0.1, 0.15) is 4.83 Å². The second-order valence-electron chi connectivity index (χ2n) is 6.90. The molecule has 0 fully saturated rings. The third-order valence-electron chi connectivity index (χ3n) is 4.98. The molecule has 1 atom stereocenters. The van der Waals surface area contributed by atoms with Gasteiger partial charge in [-0.3, -0.25) is 14.2 Å². The summed E-state index contributed by atoms with van der Waals surface area (Å²) < 4.78 is 1.64. The molecular weight excluding hydrogens is 416 g/mol. The number of carbonyl (C=O) groups excluding carboxylic acids is 1. The van der Waals surface area contributed by atoms with Gasteiger partial charge >= 0.3 is 0 Å². The van der Waals surface area contributed by atoms with Crippen LogP contribution in [0.15, 0.2) is 40.3 Å². The number of hydrogen-bond acceptors (Lipinski definition) is 6. The van der Waals surface area contributed by atoms with Crippen molar-refractivity contribution in [3.63, 3.8) is 0 Å². The van der Waals surface area contributed by atoms with Crippen molar-refractivity contribution in [2.24, 2.45) is 0 Å². The molecule has 0 aliphatic heterocycles. The van der Waals surface area contributed by atoms with Gasteiger partial charge in [-0.05, 0) is 45.4 Å². The van der Waals surface area contributed by atoms with E-state index in [1.54, 1.807) is 9.47 Å². The predicted octanol–water partition coefficient (Wildman–Crippen LogP) is 4.52. The number of benzene rings is 1. The van der Waals surface area contributed by atoms with E-state index < -0.39 is 5.25 Å². The molecule has 0 N–H and O–H groups in total. The molecule has 0 aliphatic carbocycles. The second-order valence-corrected chi connectivity index (χ2v) is 9.41. The van der Waals surface area contributed by atoms with Crippen LogP contribution in [-0.4, -0.2) is 27.3 Å². The highest BCUT2D eigenvalue weighted by Gasteiger charge is 2.25. The quantitative estimate of drug-likeness (QED) is 0.399. The van der Waals surface area contributed by atoms with Gasteiger partial charge < -0.3 is 4.90 Å². The predicted molar refractivity (Wildman–Crippen MR) is 123 cm³/mol. The van der Waals surface area contributed by atoms with Crippen molar-refractivity contribution < 1.29 is 4.79 Å². The fraction of sp³-hybridized carbons (Fsp3) is 0.364. The van der Waals surface area contributed by atoms with Crippen LogP contribution >= 0.6 is 23.1 Å². The third-order valence-corrected chi connectivity index (χ3v) is 7.16. The number of thioether (sulfide) groups is 1. The lowest BCUT2D eigenvalue weighted by molar-refractivity contribution is -0.117. The Labute approximate surface area is 184 Å². The summed E-state index contributed by atoms with van der Waals surface area (Å²) in [6, 6.07) is 11.4. The van der Waals surface area contributed by atoms with E-state index in [4.69, 9.17) is 10.2 Å². The van der Waals surface area contributed by atoms with E-state index in [0.29, 0.717) is 28.5 Å². The number of anilines is 1. The molecule has 2 heterocycles. The number of nitriles is 1. The highest BCUT2D eigenvalue weighted by Crippen LogP contribution is 2.30. The highest BCUT2D eigenvalue weighted by atomic mass is 32.2. The van der Waals surface area contributed by atoms with Crippen molar-refractivity contribution in [3.05, 3.63) is 51.1 Å². The minimum atomic E-state index is -0.465. The molecule has 2 aromatic heterocycles. The average molecular weight is 441 g/mol. The number of amides is 1. The molecule has 1 unspecified atom stereocenters. The zero-order chi connectivity index (χ0) is 21.8. The molecule has 0 spiro atoms. The molecule has 0 saturated heterocycles. The van der Waals surface area contributed by atoms with Crippen molar-refractivity contribution in [2.45, 2.75) is 51.1 Å². The number of nitrogens with zero attached hydrogens (tertiary/aromatic N) is 4. The number of aryl methyl sites for hydroxylation is 2. The molecule has 30 heavy (non-hydrogen) atoms. The van der Waals surface area contributed by atoms with Crippen LogP contribution in [-0.2, 0) is 11.3 Å². The Morgan fingerprint density at radius 3 is 2.67 bits per heavy atom. The summed E-state index contributed by atoms with van der Waals surface area (Å²) in [4.78, 5) is 34.4. The summed E-state index contributed by atoms with van der Waals surface area (Å²) in [5.41, 5.74) is 1.67. The lowest BCUT2D eigenvalue weighted by Crippen LogP contribution is -2.37. The van der Waals surface area contributed by atoms with Crippen LogP contribution in [0.3, 0.4) is 0 Å². The molecule has 8 heteroatoms. The van der Waals surface area contributed by atoms with Gasteiger partial charge in [-0.1, -0.05) is 30.0 Å². The maximum Gasteiger partial charge on any atom is 0.263 e. The van der Waals surface area contributed by atoms with Crippen LogP contribution in [0.1, 0.15) is 30.7 Å². The Hall–Kier alpha value is -2.63. The first kappa shape index (κ1) is 22.1. The fourth-order valence-corrected chi connectivity index (χ4v) is 5.35. The summed E-state index contributed by atoms with van der Waals surface area (Å²) in [7, 11) is 0. The highest BCUT2D eigenvalue weighted by molar-refractivity contribution is 8.00. The van der Waals surface area contributed by atoms with Crippen LogP contribution < -0.4 is 10.5 Å². The molecule has 6 nitrogen and oxygen atoms in total. The van der Waals surface area contributed by atoms with Crippen LogP contribution in [0.4, 0.5) is 5.69 Å². The minimum absolute atomic E-state index is 0.0594. The largest absolute Gasteiger partial charge is 0.310 e. The maximum absolute atomic E-state index is 13.2. The monoisotopic (exact) mass is 440 g/mol. The van der Waals surface area contributed by atoms with E-state index in [-0.39, 0.29) is 17.9 Å². The van der Waals surface area contributed by atoms with Gasteiger partial charge in [0.2, 0.25) is 5.91 Å². The molecule has 0 radical (unpaired) electrons. The van der Waals surface area contributed by atoms with Crippen molar-refractivity contribution >= 4 is 44.9 Å². The summed E-state index contributed by atoms with van der Waals surface area (Å²) in [5, 5.41) is 9.75. The number of para-hydroxylation sites is 1. The average Bonchev–Trinajstić information content (AvgIpc) is 3.02. The molecule has 3 rings (SSSR count). The zero-order valence-electron chi connectivity index (χ0n) is 17.5. The standard InChI is InChI=1S/C22H24N4O2S2/c1-5-25-21(28)18-14(2)15(3)29-19(18)24-22(25)30-16(4)20(27)26(13-9-12-23)17-10-7-6-8-11-17/h6-8,10-11,16H,5,9,13H2,1-4H3. The molecule has 3 aromatic rings. The Bertz CT molecular complexity index is 1160. The van der Waals surface area contributed by atoms with Crippen molar-refractivity contribution in [1.29, 1.82) is 5.26 Å². The van der Waals surface area contributed by atoms with E-state index in [0.717, 1.165) is 16.1 Å². The maximum atomic E-state index is 13.2. The lowest BCUT2D eigenvalue weighted by atomic mass is 10.2. The van der Waals surface area contributed by atoms with Gasteiger partial charge in [-0.15, -0.1) is 11.3 Å². The second kappa shape index (κ2) is 9.45. The minimum Gasteiger partial charge on any atom is -0.310 e. The SMILES string of the molecule is CCn1c(SC(C)C(=O)N(CCC#N)c2ccccc2)nc2sc(C)c(C)c2c1=O. The summed E-state index contributed by atoms with van der Waals surface area (Å²) in [5.74, 6) is -0.114. The van der Waals surface area contributed by atoms with Gasteiger partial charge in [0.15, 0.2) is 5.16 Å². The number of aromatic nitrogens is 2. The summed E-state index contributed by atoms with van der Waals surface area (Å²) >= 11 is 2.79. The van der Waals surface area contributed by atoms with Crippen LogP contribution in [0, 0.1) is 25.2 Å². The van der Waals surface area contributed by atoms with Gasteiger partial charge in [0.25, 0.3) is 5.56 Å². The van der Waals surface area contributed by atoms with E-state index >= 15 is 0 Å². The normalized spacial score (nSPS) is 12.0. The summed E-state index contributed by atoms with van der Waals surface area (Å²) in [6.45, 7) is 8.46. The third kappa shape index (κ3) is 4.27. The Kier molecular flexibility index (Phi) is 6.95. The van der Waals surface area contributed by atoms with E-state index in [9.17, 15) is 9.59 Å². The molecule has 0 bridgehead atoms. The van der Waals surface area contributed by atoms with Crippen LogP contribution in [0.5, 0.6) is 0 Å². The van der Waals surface area contributed by atoms with Gasteiger partial charge in [-0.25, -0.2) is 4.98 Å². The van der Waals surface area contributed by atoms with Gasteiger partial charge in [0, 0.05) is 23.7 Å². The van der Waals surface area contributed by atoms with Crippen molar-refractivity contribution in [1.82, 2.24) is 9.55 Å². The van der Waals surface area contributed by atoms with E-state index in [1.807, 2.05) is 58.0 Å². The summed E-state index contributed by atoms with van der Waals surface area (Å²) in [6.07, 6.45) is 0.246. The topological polar surface area (TPSA) is 79.0 Å². The Morgan fingerprint density at radius 1 is 1.33 bits per heavy atom. The number of fused-ring (bicyclic) bond motifs is 1. The first-order valence-corrected chi connectivity index (χ1v) is 11.5. The van der Waals surface area contributed by atoms with Crippen LogP contribution in [0.25, 0.3) is 10.2 Å². The number of carbonyl (C=O) groups is 1. The Balaban J connectivity index is 1.95. The van der Waals surface area contributed by atoms with E-state index in [1.165, 1.54) is 23.1 Å². The Morgan fingerprint density at radius 2 is 2.03 bits per heavy atom. The fourth-order valence-electron chi connectivity index (χ4n) is 3.24. The van der Waals surface area contributed by atoms with E-state index in [2.05, 4.69) is 6.07 Å². The number of thiophene rings is 1. The van der Waals surface area contributed by atoms with Gasteiger partial charge in [-0.2, -0.15) is 5.26 Å².